The largest absolute Gasteiger partial charge is 0.264 e. The Morgan fingerprint density at radius 2 is 1.33 bits per heavy atom. The van der Waals surface area contributed by atoms with Crippen LogP contribution in [0, 0.1) is 0 Å². The predicted molar refractivity (Wildman–Crippen MR) is 58.6 cm³/mol. The maximum Gasteiger partial charge on any atom is 0.140 e. The highest BCUT2D eigenvalue weighted by Gasteiger charge is 2.23. The van der Waals surface area contributed by atoms with Crippen molar-refractivity contribution in [1.29, 1.82) is 0 Å². The zero-order valence-electron chi connectivity index (χ0n) is 8.87. The highest BCUT2D eigenvalue weighted by Crippen LogP contribution is 2.49. The van der Waals surface area contributed by atoms with E-state index >= 15 is 0 Å². The minimum absolute atomic E-state index is 0.510. The summed E-state index contributed by atoms with van der Waals surface area (Å²) in [5, 5.41) is 0. The molecule has 4 heteroatoms. The molecule has 1 atom stereocenters. The zero-order valence-corrected chi connectivity index (χ0v) is 10.5. The van der Waals surface area contributed by atoms with E-state index in [-0.39, 0.29) is 0 Å². The number of hydrogen-bond donors (Lipinski definition) is 0. The normalized spacial score (nSPS) is 15.2. The van der Waals surface area contributed by atoms with Gasteiger partial charge in [-0.3, -0.25) is 9.34 Å². The first kappa shape index (κ1) is 12.6. The lowest BCUT2D eigenvalue weighted by atomic mass is 10.3. The molecule has 1 unspecified atom stereocenters. The maximum atomic E-state index is 6.29. The molecule has 0 amide bonds. The summed E-state index contributed by atoms with van der Waals surface area (Å²) >= 11 is 6.29. The van der Waals surface area contributed by atoms with Crippen molar-refractivity contribution >= 4 is 18.8 Å². The molecule has 12 heavy (non-hydrogen) atoms. The van der Waals surface area contributed by atoms with Crippen LogP contribution in [0.2, 0.25) is 0 Å². The van der Waals surface area contributed by atoms with Crippen molar-refractivity contribution in [3.05, 3.63) is 0 Å². The van der Waals surface area contributed by atoms with Gasteiger partial charge in [0.2, 0.25) is 0 Å². The van der Waals surface area contributed by atoms with Crippen LogP contribution in [-0.4, -0.2) is 35.5 Å². The van der Waals surface area contributed by atoms with Crippen molar-refractivity contribution in [3.8, 4) is 0 Å². The summed E-state index contributed by atoms with van der Waals surface area (Å²) in [6.45, 7) is 8.73. The smallest absolute Gasteiger partial charge is 0.140 e. The fourth-order valence-electron chi connectivity index (χ4n) is 1.18. The first-order valence-corrected chi connectivity index (χ1v) is 6.44. The van der Waals surface area contributed by atoms with Crippen LogP contribution in [0.1, 0.15) is 27.7 Å². The second-order valence-corrected chi connectivity index (χ2v) is 6.31. The van der Waals surface area contributed by atoms with Gasteiger partial charge >= 0.3 is 0 Å². The standard InChI is InChI=1S/C8H20ClN2P/c1-7(2)11(8(3)4)12(9)10(5)6/h7-8H,1-6H3. The van der Waals surface area contributed by atoms with E-state index in [1.54, 1.807) is 0 Å². The van der Waals surface area contributed by atoms with E-state index in [4.69, 9.17) is 11.2 Å². The van der Waals surface area contributed by atoms with Gasteiger partial charge in [0, 0.05) is 12.1 Å². The monoisotopic (exact) mass is 210 g/mol. The molecule has 0 saturated carbocycles. The summed E-state index contributed by atoms with van der Waals surface area (Å²) in [4.78, 5) is 0. The first-order chi connectivity index (χ1) is 5.37. The van der Waals surface area contributed by atoms with Gasteiger partial charge in [-0.15, -0.1) is 0 Å². The second kappa shape index (κ2) is 5.39. The fraction of sp³-hybridized carbons (Fsp3) is 1.00. The molecular formula is C8H20ClN2P. The third kappa shape index (κ3) is 3.57. The van der Waals surface area contributed by atoms with E-state index in [1.807, 2.05) is 14.1 Å². The van der Waals surface area contributed by atoms with Gasteiger partial charge in [-0.2, -0.15) is 0 Å². The van der Waals surface area contributed by atoms with Crippen molar-refractivity contribution < 1.29 is 0 Å². The summed E-state index contributed by atoms with van der Waals surface area (Å²) in [6, 6.07) is 1.02. The molecule has 0 fully saturated rings. The lowest BCUT2D eigenvalue weighted by molar-refractivity contribution is 0.313. The SMILES string of the molecule is CC(C)N(C(C)C)P(Cl)N(C)C. The van der Waals surface area contributed by atoms with Gasteiger partial charge in [0.05, 0.1) is 0 Å². The number of halogens is 1. The molecule has 0 heterocycles. The summed E-state index contributed by atoms with van der Waals surface area (Å²) in [5.74, 6) is 0. The van der Waals surface area contributed by atoms with Gasteiger partial charge in [-0.05, 0) is 41.8 Å². The van der Waals surface area contributed by atoms with Crippen LogP contribution in [-0.2, 0) is 0 Å². The lowest BCUT2D eigenvalue weighted by Crippen LogP contribution is -2.34. The lowest BCUT2D eigenvalue weighted by Gasteiger charge is -2.36. The van der Waals surface area contributed by atoms with Crippen LogP contribution in [0.3, 0.4) is 0 Å². The molecule has 0 saturated heterocycles. The summed E-state index contributed by atoms with van der Waals surface area (Å²) in [6.07, 6.45) is 0. The Kier molecular flexibility index (Phi) is 5.67. The highest BCUT2D eigenvalue weighted by molar-refractivity contribution is 7.80. The van der Waals surface area contributed by atoms with Gasteiger partial charge in [0.15, 0.2) is 0 Å². The van der Waals surface area contributed by atoms with Gasteiger partial charge < -0.3 is 0 Å². The van der Waals surface area contributed by atoms with Crippen LogP contribution in [0.5, 0.6) is 0 Å². The molecule has 2 nitrogen and oxygen atoms in total. The van der Waals surface area contributed by atoms with Crippen molar-refractivity contribution in [2.75, 3.05) is 14.1 Å². The van der Waals surface area contributed by atoms with E-state index in [9.17, 15) is 0 Å². The number of rotatable bonds is 4. The zero-order chi connectivity index (χ0) is 9.89. The molecule has 0 aromatic heterocycles. The maximum absolute atomic E-state index is 6.29. The van der Waals surface area contributed by atoms with E-state index in [0.29, 0.717) is 12.1 Å². The van der Waals surface area contributed by atoms with Gasteiger partial charge in [0.25, 0.3) is 0 Å². The minimum atomic E-state index is -0.643. The van der Waals surface area contributed by atoms with Crippen molar-refractivity contribution in [2.24, 2.45) is 0 Å². The van der Waals surface area contributed by atoms with Crippen LogP contribution in [0.25, 0.3) is 0 Å². The molecule has 0 aliphatic heterocycles. The van der Waals surface area contributed by atoms with Gasteiger partial charge in [-0.25, -0.2) is 0 Å². The molecule has 0 radical (unpaired) electrons. The Labute approximate surface area is 82.5 Å². The fourth-order valence-corrected chi connectivity index (χ4v) is 3.41. The topological polar surface area (TPSA) is 6.48 Å². The summed E-state index contributed by atoms with van der Waals surface area (Å²) in [7, 11) is 3.41. The van der Waals surface area contributed by atoms with Crippen molar-refractivity contribution in [2.45, 2.75) is 39.8 Å². The van der Waals surface area contributed by atoms with Crippen molar-refractivity contribution in [1.82, 2.24) is 9.34 Å². The molecule has 0 rings (SSSR count). The van der Waals surface area contributed by atoms with Crippen LogP contribution < -0.4 is 0 Å². The minimum Gasteiger partial charge on any atom is -0.264 e. The summed E-state index contributed by atoms with van der Waals surface area (Å²) in [5.41, 5.74) is 0. The van der Waals surface area contributed by atoms with Crippen LogP contribution >= 0.6 is 18.8 Å². The molecular weight excluding hydrogens is 191 g/mol. The number of nitrogens with zero attached hydrogens (tertiary/aromatic N) is 2. The molecule has 0 aromatic carbocycles. The molecule has 0 aliphatic rings. The Morgan fingerprint density at radius 1 is 1.00 bits per heavy atom. The van der Waals surface area contributed by atoms with E-state index in [1.165, 1.54) is 0 Å². The van der Waals surface area contributed by atoms with Crippen LogP contribution in [0.4, 0.5) is 0 Å². The van der Waals surface area contributed by atoms with Gasteiger partial charge in [0.1, 0.15) is 7.58 Å². The Bertz CT molecular complexity index is 120. The average Bonchev–Trinajstić information content (AvgIpc) is 1.85. The number of hydrogen-bond acceptors (Lipinski definition) is 2. The second-order valence-electron chi connectivity index (χ2n) is 3.66. The Morgan fingerprint density at radius 3 is 1.42 bits per heavy atom. The quantitative estimate of drug-likeness (QED) is 0.658. The van der Waals surface area contributed by atoms with E-state index in [2.05, 4.69) is 37.0 Å². The third-order valence-electron chi connectivity index (χ3n) is 1.58. The van der Waals surface area contributed by atoms with Gasteiger partial charge in [-0.1, -0.05) is 11.2 Å². The summed E-state index contributed by atoms with van der Waals surface area (Å²) < 4.78 is 4.41. The highest BCUT2D eigenvalue weighted by atomic mass is 35.7. The molecule has 0 aliphatic carbocycles. The average molecular weight is 211 g/mol. The van der Waals surface area contributed by atoms with Crippen molar-refractivity contribution in [3.63, 3.8) is 0 Å². The van der Waals surface area contributed by atoms with Crippen LogP contribution in [0.15, 0.2) is 0 Å². The Hall–Kier alpha value is 0.640. The predicted octanol–water partition coefficient (Wildman–Crippen LogP) is 3.13. The molecule has 74 valence electrons. The third-order valence-corrected chi connectivity index (χ3v) is 4.97. The first-order valence-electron chi connectivity index (χ1n) is 4.29. The molecule has 0 aromatic rings. The Balaban J connectivity index is 4.30. The molecule has 0 bridgehead atoms. The van der Waals surface area contributed by atoms with E-state index in [0.717, 1.165) is 0 Å². The molecule has 0 N–H and O–H groups in total. The van der Waals surface area contributed by atoms with E-state index < -0.39 is 7.58 Å². The molecule has 0 spiro atoms.